The number of thiol groups is 2. The van der Waals surface area contributed by atoms with Crippen LogP contribution in [-0.2, 0) is 34.1 Å². The first-order valence-electron chi connectivity index (χ1n) is 5.99. The van der Waals surface area contributed by atoms with E-state index in [1.54, 1.807) is 0 Å². The van der Waals surface area contributed by atoms with Crippen molar-refractivity contribution in [3.05, 3.63) is 0 Å². The molecule has 0 aliphatic carbocycles. The normalized spacial score (nSPS) is 12.0. The lowest BCUT2D eigenvalue weighted by Crippen LogP contribution is -2.49. The van der Waals surface area contributed by atoms with Crippen LogP contribution in [0.3, 0.4) is 0 Å². The maximum absolute atomic E-state index is 11.5. The Balaban J connectivity index is 0. The van der Waals surface area contributed by atoms with Crippen LogP contribution in [0.15, 0.2) is 0 Å². The Hall–Kier alpha value is -1.44. The van der Waals surface area contributed by atoms with Gasteiger partial charge < -0.3 is 31.4 Å². The predicted molar refractivity (Wildman–Crippen MR) is 85.7 cm³/mol. The summed E-state index contributed by atoms with van der Waals surface area (Å²) < 4.78 is 8.71. The number of nitrogens with two attached hydrogens (primary N) is 1. The average molecular weight is 387 g/mol. The molecule has 0 aromatic carbocycles. The van der Waals surface area contributed by atoms with Crippen molar-refractivity contribution >= 4 is 58.7 Å². The minimum atomic E-state index is -1.47. The highest BCUT2D eigenvalue weighted by atomic mass is 33.1. The molecule has 23 heavy (non-hydrogen) atoms. The van der Waals surface area contributed by atoms with E-state index in [0.29, 0.717) is 0 Å². The number of carboxylic acid groups (broad SMARTS) is 2. The third kappa shape index (κ3) is 13.9. The van der Waals surface area contributed by atoms with E-state index >= 15 is 0 Å². The van der Waals surface area contributed by atoms with Crippen molar-refractivity contribution in [1.29, 1.82) is 0 Å². The highest BCUT2D eigenvalue weighted by Gasteiger charge is 2.20. The third-order valence-corrected chi connectivity index (χ3v) is 2.60. The van der Waals surface area contributed by atoms with Gasteiger partial charge in [0, 0.05) is 18.2 Å². The highest BCUT2D eigenvalue weighted by molar-refractivity contribution is 8.51. The second kappa shape index (κ2) is 14.2. The van der Waals surface area contributed by atoms with Gasteiger partial charge in [-0.3, -0.25) is 14.4 Å². The average Bonchev–Trinajstić information content (AvgIpc) is 2.48. The van der Waals surface area contributed by atoms with Crippen molar-refractivity contribution in [1.82, 2.24) is 10.6 Å². The topological polar surface area (TPSA) is 179 Å². The fourth-order valence-electron chi connectivity index (χ4n) is 1.15. The SMILES string of the molecule is N[C@@H](CCC(=O)N[C@@H](CS)C(=O)NCC(=O)O)C(=O)[O-].O=[S+]S. The molecule has 2 amide bonds. The molecule has 132 valence electrons. The van der Waals surface area contributed by atoms with E-state index in [9.17, 15) is 24.3 Å². The number of aliphatic carboxylic acids is 2. The zero-order valence-corrected chi connectivity index (χ0v) is 14.4. The smallest absolute Gasteiger partial charge is 0.545 e. The maximum Gasteiger partial charge on any atom is 0.545 e. The fourth-order valence-corrected chi connectivity index (χ4v) is 1.41. The number of amides is 2. The summed E-state index contributed by atoms with van der Waals surface area (Å²) in [6.07, 6.45) is -0.337. The van der Waals surface area contributed by atoms with Crippen molar-refractivity contribution in [3.8, 4) is 0 Å². The first-order chi connectivity index (χ1) is 10.7. The monoisotopic (exact) mass is 387 g/mol. The van der Waals surface area contributed by atoms with Gasteiger partial charge >= 0.3 is 16.7 Å². The molecule has 0 saturated heterocycles. The van der Waals surface area contributed by atoms with Crippen LogP contribution in [0.25, 0.3) is 0 Å². The summed E-state index contributed by atoms with van der Waals surface area (Å²) in [4.78, 5) is 43.6. The van der Waals surface area contributed by atoms with Crippen LogP contribution in [-0.4, -0.2) is 53.2 Å². The van der Waals surface area contributed by atoms with E-state index in [4.69, 9.17) is 15.0 Å². The van der Waals surface area contributed by atoms with E-state index in [0.717, 1.165) is 0 Å². The van der Waals surface area contributed by atoms with Crippen molar-refractivity contribution in [2.24, 2.45) is 5.73 Å². The number of hydrogen-bond acceptors (Lipinski definition) is 8. The Kier molecular flexibility index (Phi) is 14.7. The van der Waals surface area contributed by atoms with Crippen LogP contribution in [0.2, 0.25) is 0 Å². The Labute approximate surface area is 146 Å². The molecule has 0 fully saturated rings. The van der Waals surface area contributed by atoms with Crippen molar-refractivity contribution in [2.45, 2.75) is 24.9 Å². The van der Waals surface area contributed by atoms with E-state index < -0.39 is 42.4 Å². The van der Waals surface area contributed by atoms with Crippen molar-refractivity contribution < 1.29 is 33.6 Å². The zero-order chi connectivity index (χ0) is 18.4. The molecule has 13 heteroatoms. The summed E-state index contributed by atoms with van der Waals surface area (Å²) in [5.41, 5.74) is 5.17. The largest absolute Gasteiger partial charge is 0.548 e. The molecule has 0 saturated carbocycles. The summed E-state index contributed by atoms with van der Waals surface area (Å²) in [7, 11) is 0.194. The number of hydrogen-bond donors (Lipinski definition) is 6. The predicted octanol–water partition coefficient (Wildman–Crippen LogP) is -3.28. The lowest BCUT2D eigenvalue weighted by Gasteiger charge is -2.17. The van der Waals surface area contributed by atoms with Crippen LogP contribution in [0, 0.1) is 0 Å². The standard InChI is InChI=1S/C10H17N3O6S.OS2/c11-5(10(18)19)1-2-7(14)13-6(4-20)9(17)12-3-8(15)16;1-3-2/h5-6,20H,1-4,11H2,(H,12,17)(H,13,14)(H,15,16)(H,18,19);/t5-,6-;/m0./s1. The third-order valence-electron chi connectivity index (χ3n) is 2.23. The number of carbonyl (C=O) groups excluding carboxylic acids is 3. The van der Waals surface area contributed by atoms with Gasteiger partial charge in [0.05, 0.1) is 10.2 Å². The van der Waals surface area contributed by atoms with Gasteiger partial charge in [0.25, 0.3) is 0 Å². The number of rotatable bonds is 9. The fraction of sp³-hybridized carbons (Fsp3) is 0.600. The summed E-state index contributed by atoms with van der Waals surface area (Å²) in [5.74, 6) is -4.01. The van der Waals surface area contributed by atoms with Crippen LogP contribution >= 0.6 is 24.3 Å². The maximum atomic E-state index is 11.5. The minimum Gasteiger partial charge on any atom is -0.548 e. The second-order valence-corrected chi connectivity index (χ2v) is 4.91. The van der Waals surface area contributed by atoms with Gasteiger partial charge in [-0.15, -0.1) is 0 Å². The van der Waals surface area contributed by atoms with Gasteiger partial charge in [-0.2, -0.15) is 12.6 Å². The molecule has 0 aromatic heterocycles. The highest BCUT2D eigenvalue weighted by Crippen LogP contribution is 1.96. The molecule has 0 radical (unpaired) electrons. The summed E-state index contributed by atoms with van der Waals surface area (Å²) in [5, 5.41) is 23.1. The Morgan fingerprint density at radius 1 is 1.30 bits per heavy atom. The molecule has 0 aliphatic rings. The Morgan fingerprint density at radius 3 is 2.22 bits per heavy atom. The van der Waals surface area contributed by atoms with Gasteiger partial charge in [-0.25, -0.2) is 0 Å². The number of nitrogens with one attached hydrogen (secondary N) is 2. The first-order valence-corrected chi connectivity index (χ1v) is 8.41. The molecule has 0 aliphatic heterocycles. The lowest BCUT2D eigenvalue weighted by atomic mass is 10.1. The summed E-state index contributed by atoms with van der Waals surface area (Å²) in [6.45, 7) is -0.575. The molecule has 0 heterocycles. The van der Waals surface area contributed by atoms with Crippen LogP contribution < -0.4 is 21.5 Å². The number of carbonyl (C=O) groups is 4. The molecular weight excluding hydrogens is 370 g/mol. The summed E-state index contributed by atoms with van der Waals surface area (Å²) >= 11 is 7.01. The van der Waals surface area contributed by atoms with Gasteiger partial charge in [-0.05, 0) is 6.42 Å². The molecule has 0 rings (SSSR count). The second-order valence-electron chi connectivity index (χ2n) is 3.95. The molecule has 0 spiro atoms. The van der Waals surface area contributed by atoms with Crippen molar-refractivity contribution in [3.63, 3.8) is 0 Å². The molecule has 10 nitrogen and oxygen atoms in total. The lowest BCUT2D eigenvalue weighted by molar-refractivity contribution is -0.307. The first kappa shape index (κ1) is 23.8. The molecule has 5 N–H and O–H groups in total. The van der Waals surface area contributed by atoms with Gasteiger partial charge in [0.2, 0.25) is 23.5 Å². The zero-order valence-electron chi connectivity index (χ0n) is 11.8. The quantitative estimate of drug-likeness (QED) is 0.135. The summed E-state index contributed by atoms with van der Waals surface area (Å²) in [6, 6.07) is -2.28. The van der Waals surface area contributed by atoms with Crippen molar-refractivity contribution in [2.75, 3.05) is 12.3 Å². The van der Waals surface area contributed by atoms with E-state index in [1.165, 1.54) is 0 Å². The van der Waals surface area contributed by atoms with Crippen LogP contribution in [0.5, 0.6) is 0 Å². The molecule has 0 aromatic rings. The Morgan fingerprint density at radius 2 is 1.83 bits per heavy atom. The van der Waals surface area contributed by atoms with Crippen LogP contribution in [0.1, 0.15) is 12.8 Å². The molecule has 2 atom stereocenters. The molecular formula is C10H17N3O7S3. The molecule has 0 unspecified atom stereocenters. The number of carboxylic acids is 2. The van der Waals surface area contributed by atoms with E-state index in [1.807, 2.05) is 0 Å². The van der Waals surface area contributed by atoms with Crippen LogP contribution in [0.4, 0.5) is 0 Å². The van der Waals surface area contributed by atoms with Gasteiger partial charge in [-0.1, -0.05) is 0 Å². The van der Waals surface area contributed by atoms with Gasteiger partial charge in [0.1, 0.15) is 12.6 Å². The Bertz CT molecular complexity index is 436. The molecule has 0 bridgehead atoms. The van der Waals surface area contributed by atoms with E-state index in [-0.39, 0.29) is 29.3 Å². The minimum absolute atomic E-state index is 0.0380. The van der Waals surface area contributed by atoms with Gasteiger partial charge in [0.15, 0.2) is 0 Å². The van der Waals surface area contributed by atoms with E-state index in [2.05, 4.69) is 34.9 Å².